The molecule has 0 radical (unpaired) electrons. The van der Waals surface area contributed by atoms with Crippen LogP contribution in [0.3, 0.4) is 0 Å². The van der Waals surface area contributed by atoms with Crippen LogP contribution in [0.15, 0.2) is 29.2 Å². The van der Waals surface area contributed by atoms with E-state index in [1.165, 1.54) is 31.2 Å². The van der Waals surface area contributed by atoms with Crippen molar-refractivity contribution in [1.29, 1.82) is 0 Å². The molecule has 0 bridgehead atoms. The first-order valence-corrected chi connectivity index (χ1v) is 6.42. The van der Waals surface area contributed by atoms with Crippen LogP contribution in [0.5, 0.6) is 0 Å². The summed E-state index contributed by atoms with van der Waals surface area (Å²) in [6.45, 7) is 0.400. The second-order valence-electron chi connectivity index (χ2n) is 4.05. The number of benzene rings is 1. The van der Waals surface area contributed by atoms with Crippen molar-refractivity contribution in [2.45, 2.75) is 17.4 Å². The third-order valence-corrected chi connectivity index (χ3v) is 3.92. The van der Waals surface area contributed by atoms with Crippen LogP contribution in [-0.2, 0) is 10.0 Å². The lowest BCUT2D eigenvalue weighted by Gasteiger charge is -2.25. The van der Waals surface area contributed by atoms with Gasteiger partial charge >= 0.3 is 0 Å². The van der Waals surface area contributed by atoms with Crippen molar-refractivity contribution >= 4 is 15.7 Å². The summed E-state index contributed by atoms with van der Waals surface area (Å²) in [7, 11) is -3.78. The number of rotatable bonds is 5. The van der Waals surface area contributed by atoms with Gasteiger partial charge in [-0.25, -0.2) is 13.1 Å². The van der Waals surface area contributed by atoms with Gasteiger partial charge in [0, 0.05) is 5.69 Å². The van der Waals surface area contributed by atoms with Crippen LogP contribution in [-0.4, -0.2) is 37.4 Å². The molecule has 0 saturated heterocycles. The summed E-state index contributed by atoms with van der Waals surface area (Å²) >= 11 is 0. The zero-order valence-corrected chi connectivity index (χ0v) is 10.2. The smallest absolute Gasteiger partial charge is 0.241 e. The molecule has 1 aromatic carbocycles. The van der Waals surface area contributed by atoms with Crippen LogP contribution in [0.4, 0.5) is 5.69 Å². The predicted octanol–water partition coefficient (Wildman–Crippen LogP) is -0.710. The van der Waals surface area contributed by atoms with Gasteiger partial charge in [-0.15, -0.1) is 0 Å². The van der Waals surface area contributed by atoms with Crippen LogP contribution >= 0.6 is 0 Å². The zero-order valence-electron chi connectivity index (χ0n) is 9.42. The molecule has 0 amide bonds. The Balaban J connectivity index is 3.00. The van der Waals surface area contributed by atoms with E-state index >= 15 is 0 Å². The lowest BCUT2D eigenvalue weighted by Crippen LogP contribution is -2.51. The average Bonchev–Trinajstić information content (AvgIpc) is 2.29. The molecule has 1 aromatic rings. The average molecular weight is 260 g/mol. The molecule has 0 heterocycles. The maximum Gasteiger partial charge on any atom is 0.241 e. The Morgan fingerprint density at radius 3 is 2.12 bits per heavy atom. The molecule has 0 spiro atoms. The Hall–Kier alpha value is -1.15. The molecular formula is C10H16N2O4S. The maximum atomic E-state index is 11.9. The lowest BCUT2D eigenvalue weighted by molar-refractivity contribution is 0.122. The summed E-state index contributed by atoms with van der Waals surface area (Å²) < 4.78 is 26.0. The van der Waals surface area contributed by atoms with Crippen LogP contribution < -0.4 is 10.5 Å². The quantitative estimate of drug-likeness (QED) is 0.522. The summed E-state index contributed by atoms with van der Waals surface area (Å²) in [6.07, 6.45) is 0. The second-order valence-corrected chi connectivity index (χ2v) is 5.73. The van der Waals surface area contributed by atoms with Gasteiger partial charge in [-0.3, -0.25) is 0 Å². The van der Waals surface area contributed by atoms with Crippen molar-refractivity contribution in [3.05, 3.63) is 24.3 Å². The Morgan fingerprint density at radius 2 is 1.71 bits per heavy atom. The molecule has 96 valence electrons. The van der Waals surface area contributed by atoms with Crippen molar-refractivity contribution in [1.82, 2.24) is 4.72 Å². The summed E-state index contributed by atoms with van der Waals surface area (Å²) in [6, 6.07) is 5.63. The molecule has 6 nitrogen and oxygen atoms in total. The highest BCUT2D eigenvalue weighted by Gasteiger charge is 2.29. The van der Waals surface area contributed by atoms with E-state index in [0.717, 1.165) is 0 Å². The fourth-order valence-electron chi connectivity index (χ4n) is 1.14. The van der Waals surface area contributed by atoms with Gasteiger partial charge in [-0.05, 0) is 31.2 Å². The first kappa shape index (κ1) is 13.9. The largest absolute Gasteiger partial charge is 0.399 e. The lowest BCUT2D eigenvalue weighted by atomic mass is 10.1. The maximum absolute atomic E-state index is 11.9. The van der Waals surface area contributed by atoms with E-state index in [9.17, 15) is 8.42 Å². The molecule has 0 aliphatic rings. The molecule has 0 aromatic heterocycles. The molecule has 5 N–H and O–H groups in total. The Labute approximate surface area is 100 Å². The molecule has 0 atom stereocenters. The van der Waals surface area contributed by atoms with E-state index in [-0.39, 0.29) is 4.90 Å². The van der Waals surface area contributed by atoms with Crippen LogP contribution in [0.1, 0.15) is 6.92 Å². The molecule has 17 heavy (non-hydrogen) atoms. The molecule has 0 fully saturated rings. The minimum atomic E-state index is -3.78. The molecule has 0 aliphatic heterocycles. The topological polar surface area (TPSA) is 113 Å². The number of anilines is 1. The minimum Gasteiger partial charge on any atom is -0.399 e. The van der Waals surface area contributed by atoms with Crippen LogP contribution in [0.2, 0.25) is 0 Å². The first-order chi connectivity index (χ1) is 7.83. The number of aliphatic hydroxyl groups excluding tert-OH is 2. The summed E-state index contributed by atoms with van der Waals surface area (Å²) in [4.78, 5) is 0.0276. The van der Waals surface area contributed by atoms with Crippen molar-refractivity contribution in [2.24, 2.45) is 0 Å². The SMILES string of the molecule is CC(CO)(CO)NS(=O)(=O)c1ccc(N)cc1. The first-order valence-electron chi connectivity index (χ1n) is 4.94. The Morgan fingerprint density at radius 1 is 1.24 bits per heavy atom. The number of nitrogens with two attached hydrogens (primary N) is 1. The van der Waals surface area contributed by atoms with E-state index in [1.54, 1.807) is 0 Å². The van der Waals surface area contributed by atoms with Crippen molar-refractivity contribution in [3.8, 4) is 0 Å². The number of nitrogens with one attached hydrogen (secondary N) is 1. The van der Waals surface area contributed by atoms with Crippen LogP contribution in [0.25, 0.3) is 0 Å². The van der Waals surface area contributed by atoms with Crippen molar-refractivity contribution < 1.29 is 18.6 Å². The Kier molecular flexibility index (Phi) is 4.10. The highest BCUT2D eigenvalue weighted by molar-refractivity contribution is 7.89. The number of hydrogen-bond donors (Lipinski definition) is 4. The fraction of sp³-hybridized carbons (Fsp3) is 0.400. The second kappa shape index (κ2) is 5.01. The van der Waals surface area contributed by atoms with Gasteiger partial charge in [0.25, 0.3) is 0 Å². The molecule has 0 unspecified atom stereocenters. The van der Waals surface area contributed by atoms with Gasteiger partial charge < -0.3 is 15.9 Å². The van der Waals surface area contributed by atoms with Gasteiger partial charge in [0.05, 0.1) is 23.6 Å². The van der Waals surface area contributed by atoms with Gasteiger partial charge in [-0.1, -0.05) is 0 Å². The van der Waals surface area contributed by atoms with E-state index < -0.39 is 28.8 Å². The predicted molar refractivity (Wildman–Crippen MR) is 63.8 cm³/mol. The van der Waals surface area contributed by atoms with Crippen LogP contribution in [0, 0.1) is 0 Å². The van der Waals surface area contributed by atoms with Crippen molar-refractivity contribution in [2.75, 3.05) is 18.9 Å². The van der Waals surface area contributed by atoms with Gasteiger partial charge in [0.2, 0.25) is 10.0 Å². The molecule has 0 saturated carbocycles. The third kappa shape index (κ3) is 3.40. The number of hydrogen-bond acceptors (Lipinski definition) is 5. The van der Waals surface area contributed by atoms with Gasteiger partial charge in [0.15, 0.2) is 0 Å². The van der Waals surface area contributed by atoms with Gasteiger partial charge in [-0.2, -0.15) is 0 Å². The standard InChI is InChI=1S/C10H16N2O4S/c1-10(6-13,7-14)12-17(15,16)9-4-2-8(11)3-5-9/h2-5,12-14H,6-7,11H2,1H3. The summed E-state index contributed by atoms with van der Waals surface area (Å²) in [5.41, 5.74) is 4.62. The molecule has 7 heteroatoms. The highest BCUT2D eigenvalue weighted by atomic mass is 32.2. The van der Waals surface area contributed by atoms with E-state index in [0.29, 0.717) is 5.69 Å². The number of sulfonamides is 1. The zero-order chi connectivity index (χ0) is 13.1. The van der Waals surface area contributed by atoms with Gasteiger partial charge in [0.1, 0.15) is 0 Å². The minimum absolute atomic E-state index is 0.0276. The van der Waals surface area contributed by atoms with E-state index in [1.807, 2.05) is 0 Å². The monoisotopic (exact) mass is 260 g/mol. The molecule has 1 rings (SSSR count). The fourth-order valence-corrected chi connectivity index (χ4v) is 2.53. The highest BCUT2D eigenvalue weighted by Crippen LogP contribution is 2.14. The number of aliphatic hydroxyl groups is 2. The molecular weight excluding hydrogens is 244 g/mol. The van der Waals surface area contributed by atoms with Crippen molar-refractivity contribution in [3.63, 3.8) is 0 Å². The van der Waals surface area contributed by atoms with E-state index in [4.69, 9.17) is 15.9 Å². The normalized spacial score (nSPS) is 12.6. The summed E-state index contributed by atoms with van der Waals surface area (Å²) in [5.74, 6) is 0. The third-order valence-electron chi connectivity index (χ3n) is 2.27. The molecule has 0 aliphatic carbocycles. The Bertz CT molecular complexity index is 466. The number of nitrogen functional groups attached to an aromatic ring is 1. The summed E-state index contributed by atoms with van der Waals surface area (Å²) in [5, 5.41) is 18.1. The van der Waals surface area contributed by atoms with E-state index in [2.05, 4.69) is 4.72 Å².